The van der Waals surface area contributed by atoms with Gasteiger partial charge in [-0.05, 0) is 42.0 Å². The van der Waals surface area contributed by atoms with Crippen molar-refractivity contribution in [1.29, 1.82) is 0 Å². The second kappa shape index (κ2) is 7.66. The molecule has 4 rings (SSSR count). The van der Waals surface area contributed by atoms with E-state index in [0.29, 0.717) is 17.2 Å². The molecule has 2 aromatic carbocycles. The number of rotatable bonds is 5. The molecule has 148 valence electrons. The Kier molecular flexibility index (Phi) is 5.05. The van der Waals surface area contributed by atoms with Gasteiger partial charge in [0.15, 0.2) is 0 Å². The van der Waals surface area contributed by atoms with Crippen molar-refractivity contribution in [2.24, 2.45) is 5.92 Å². The van der Waals surface area contributed by atoms with Crippen LogP contribution in [0.25, 0.3) is 22.0 Å². The molecule has 0 fully saturated rings. The number of aryl methyl sites for hydroxylation is 1. The van der Waals surface area contributed by atoms with Crippen LogP contribution in [0.1, 0.15) is 36.7 Å². The highest BCUT2D eigenvalue weighted by molar-refractivity contribution is 5.87. The second-order valence-electron chi connectivity index (χ2n) is 7.62. The Morgan fingerprint density at radius 2 is 1.93 bits per heavy atom. The number of methoxy groups -OCH3 is 1. The van der Waals surface area contributed by atoms with Crippen LogP contribution in [0, 0.1) is 18.7 Å². The van der Waals surface area contributed by atoms with E-state index >= 15 is 0 Å². The summed E-state index contributed by atoms with van der Waals surface area (Å²) in [5, 5.41) is 1.46. The van der Waals surface area contributed by atoms with Gasteiger partial charge in [0.05, 0.1) is 12.8 Å². The highest BCUT2D eigenvalue weighted by Gasteiger charge is 2.26. The normalized spacial score (nSPS) is 12.5. The molecule has 0 radical (unpaired) electrons. The first-order valence-electron chi connectivity index (χ1n) is 9.73. The number of hydrogen-bond acceptors (Lipinski definition) is 3. The lowest BCUT2D eigenvalue weighted by Crippen LogP contribution is -2.13. The third kappa shape index (κ3) is 3.48. The molecule has 0 aliphatic rings. The maximum absolute atomic E-state index is 14.3. The Morgan fingerprint density at radius 3 is 2.62 bits per heavy atom. The number of fused-ring (bicyclic) bond motifs is 1. The predicted molar refractivity (Wildman–Crippen MR) is 114 cm³/mol. The maximum Gasteiger partial charge on any atom is 0.217 e. The zero-order valence-electron chi connectivity index (χ0n) is 17.0. The Balaban J connectivity index is 1.86. The molecule has 0 saturated heterocycles. The largest absolute Gasteiger partial charge is 0.481 e. The quantitative estimate of drug-likeness (QED) is 0.464. The first kappa shape index (κ1) is 19.1. The van der Waals surface area contributed by atoms with E-state index < -0.39 is 0 Å². The van der Waals surface area contributed by atoms with Crippen molar-refractivity contribution in [1.82, 2.24) is 15.0 Å². The molecule has 0 aliphatic heterocycles. The smallest absolute Gasteiger partial charge is 0.217 e. The Bertz CT molecular complexity index is 1150. The van der Waals surface area contributed by atoms with E-state index in [-0.39, 0.29) is 11.7 Å². The van der Waals surface area contributed by atoms with Crippen molar-refractivity contribution >= 4 is 10.8 Å². The number of nitrogens with one attached hydrogen (secondary N) is 1. The Hall–Kier alpha value is -3.21. The number of aromatic amines is 1. The van der Waals surface area contributed by atoms with E-state index in [1.54, 1.807) is 19.4 Å². The van der Waals surface area contributed by atoms with Gasteiger partial charge in [0.25, 0.3) is 0 Å². The summed E-state index contributed by atoms with van der Waals surface area (Å²) in [5.74, 6) is 1.56. The third-order valence-corrected chi connectivity index (χ3v) is 5.32. The molecule has 5 heteroatoms. The van der Waals surface area contributed by atoms with Gasteiger partial charge >= 0.3 is 0 Å². The topological polar surface area (TPSA) is 50.8 Å². The summed E-state index contributed by atoms with van der Waals surface area (Å²) in [6.45, 7) is 6.33. The summed E-state index contributed by atoms with van der Waals surface area (Å²) in [5.41, 5.74) is 3.65. The minimum atomic E-state index is -0.233. The molecule has 0 aliphatic carbocycles. The van der Waals surface area contributed by atoms with Crippen molar-refractivity contribution in [2.45, 2.75) is 26.7 Å². The van der Waals surface area contributed by atoms with Crippen molar-refractivity contribution in [2.75, 3.05) is 7.11 Å². The van der Waals surface area contributed by atoms with Gasteiger partial charge in [-0.25, -0.2) is 14.4 Å². The maximum atomic E-state index is 14.3. The highest BCUT2D eigenvalue weighted by Crippen LogP contribution is 2.38. The molecule has 4 nitrogen and oxygen atoms in total. The number of H-pyrrole nitrogens is 1. The van der Waals surface area contributed by atoms with Gasteiger partial charge < -0.3 is 9.72 Å². The lowest BCUT2D eigenvalue weighted by Gasteiger charge is -2.22. The molecular formula is C24H24FN3O. The third-order valence-electron chi connectivity index (χ3n) is 5.32. The minimum absolute atomic E-state index is 0.0363. The van der Waals surface area contributed by atoms with Crippen LogP contribution in [0.15, 0.2) is 54.9 Å². The fourth-order valence-corrected chi connectivity index (χ4v) is 3.95. The molecule has 0 bridgehead atoms. The van der Waals surface area contributed by atoms with Crippen LogP contribution >= 0.6 is 0 Å². The van der Waals surface area contributed by atoms with E-state index in [4.69, 9.17) is 9.72 Å². The highest BCUT2D eigenvalue weighted by atomic mass is 19.1. The van der Waals surface area contributed by atoms with E-state index in [1.165, 1.54) is 6.07 Å². The van der Waals surface area contributed by atoms with Gasteiger partial charge in [0.2, 0.25) is 5.88 Å². The SMILES string of the molecule is COc1nc(-c2ccc3cccc(F)c3c2)c(C)cc1C(c1ncc[nH]1)C(C)C. The van der Waals surface area contributed by atoms with Crippen molar-refractivity contribution in [3.8, 4) is 17.1 Å². The second-order valence-corrected chi connectivity index (χ2v) is 7.62. The van der Waals surface area contributed by atoms with Crippen LogP contribution in [0.3, 0.4) is 0 Å². The van der Waals surface area contributed by atoms with Gasteiger partial charge in [-0.1, -0.05) is 38.1 Å². The molecule has 1 N–H and O–H groups in total. The van der Waals surface area contributed by atoms with Crippen LogP contribution in [0.5, 0.6) is 5.88 Å². The Morgan fingerprint density at radius 1 is 1.10 bits per heavy atom. The van der Waals surface area contributed by atoms with Crippen LogP contribution < -0.4 is 4.74 Å². The Labute approximate surface area is 169 Å². The number of aromatic nitrogens is 3. The van der Waals surface area contributed by atoms with E-state index in [1.807, 2.05) is 37.4 Å². The number of hydrogen-bond donors (Lipinski definition) is 1. The lowest BCUT2D eigenvalue weighted by atomic mass is 9.87. The molecule has 29 heavy (non-hydrogen) atoms. The van der Waals surface area contributed by atoms with Crippen molar-refractivity contribution in [3.63, 3.8) is 0 Å². The monoisotopic (exact) mass is 389 g/mol. The van der Waals surface area contributed by atoms with Gasteiger partial charge in [0.1, 0.15) is 11.6 Å². The van der Waals surface area contributed by atoms with Crippen molar-refractivity contribution < 1.29 is 9.13 Å². The zero-order chi connectivity index (χ0) is 20.5. The minimum Gasteiger partial charge on any atom is -0.481 e. The van der Waals surface area contributed by atoms with E-state index in [0.717, 1.165) is 33.6 Å². The van der Waals surface area contributed by atoms with Gasteiger partial charge in [0, 0.05) is 34.8 Å². The fraction of sp³-hybridized carbons (Fsp3) is 0.250. The number of benzene rings is 2. The molecule has 0 spiro atoms. The van der Waals surface area contributed by atoms with Crippen LogP contribution in [-0.2, 0) is 0 Å². The average Bonchev–Trinajstić information content (AvgIpc) is 3.22. The number of halogens is 1. The zero-order valence-corrected chi connectivity index (χ0v) is 17.0. The van der Waals surface area contributed by atoms with E-state index in [9.17, 15) is 4.39 Å². The number of nitrogens with zero attached hydrogens (tertiary/aromatic N) is 2. The van der Waals surface area contributed by atoms with Gasteiger partial charge in [-0.15, -0.1) is 0 Å². The van der Waals surface area contributed by atoms with Gasteiger partial charge in [-0.2, -0.15) is 0 Å². The number of pyridine rings is 1. The molecule has 0 amide bonds. The van der Waals surface area contributed by atoms with Crippen LogP contribution in [0.4, 0.5) is 4.39 Å². The first-order valence-corrected chi connectivity index (χ1v) is 9.73. The van der Waals surface area contributed by atoms with Crippen molar-refractivity contribution in [3.05, 3.63) is 77.6 Å². The average molecular weight is 389 g/mol. The first-order chi connectivity index (χ1) is 14.0. The molecule has 1 atom stereocenters. The summed E-state index contributed by atoms with van der Waals surface area (Å²) >= 11 is 0. The summed E-state index contributed by atoms with van der Waals surface area (Å²) in [4.78, 5) is 12.5. The number of ether oxygens (including phenoxy) is 1. The summed E-state index contributed by atoms with van der Waals surface area (Å²) < 4.78 is 20.0. The molecular weight excluding hydrogens is 365 g/mol. The summed E-state index contributed by atoms with van der Waals surface area (Å²) in [6.07, 6.45) is 3.59. The molecule has 4 aromatic rings. The van der Waals surface area contributed by atoms with Crippen LogP contribution in [-0.4, -0.2) is 22.1 Å². The molecule has 0 saturated carbocycles. The lowest BCUT2D eigenvalue weighted by molar-refractivity contribution is 0.384. The summed E-state index contributed by atoms with van der Waals surface area (Å²) in [7, 11) is 1.63. The standard InChI is InChI=1S/C24H24FN3O/c1-14(2)21(23-26-10-11-27-23)19-12-15(3)22(28-24(19)29-4)17-9-8-16-6-5-7-20(25)18(16)13-17/h5-14,21H,1-4H3,(H,26,27). The summed E-state index contributed by atoms with van der Waals surface area (Å²) in [6, 6.07) is 13.0. The van der Waals surface area contributed by atoms with Crippen LogP contribution in [0.2, 0.25) is 0 Å². The fourth-order valence-electron chi connectivity index (χ4n) is 3.95. The molecule has 2 heterocycles. The molecule has 2 aromatic heterocycles. The molecule has 1 unspecified atom stereocenters. The number of imidazole rings is 1. The predicted octanol–water partition coefficient (Wildman–Crippen LogP) is 5.87. The van der Waals surface area contributed by atoms with E-state index in [2.05, 4.69) is 29.9 Å². The van der Waals surface area contributed by atoms with Gasteiger partial charge in [-0.3, -0.25) is 0 Å².